The topological polar surface area (TPSA) is 71.2 Å². The van der Waals surface area contributed by atoms with Gasteiger partial charge in [-0.3, -0.25) is 0 Å². The van der Waals surface area contributed by atoms with Crippen LogP contribution in [-0.4, -0.2) is 17.7 Å². The summed E-state index contributed by atoms with van der Waals surface area (Å²) in [5, 5.41) is 16.1. The lowest BCUT2D eigenvalue weighted by atomic mass is 10.2. The molecule has 1 rings (SSSR count). The third-order valence-electron chi connectivity index (χ3n) is 2.28. The number of carbonyl (C=O) groups is 1. The molecule has 0 saturated carbocycles. The number of hydrogen-bond acceptors (Lipinski definition) is 5. The van der Waals surface area contributed by atoms with Gasteiger partial charge in [-0.05, 0) is 26.0 Å². The number of hydrogen-bond donors (Lipinski definition) is 1. The Morgan fingerprint density at radius 1 is 1.33 bits per heavy atom. The lowest BCUT2D eigenvalue weighted by molar-refractivity contribution is -0.139. The van der Waals surface area contributed by atoms with Gasteiger partial charge >= 0.3 is 12.1 Å². The average Bonchev–Trinajstić information content (AvgIpc) is 2.38. The maximum atomic E-state index is 12.8. The van der Waals surface area contributed by atoms with Gasteiger partial charge < -0.3 is 9.84 Å². The summed E-state index contributed by atoms with van der Waals surface area (Å²) in [5.41, 5.74) is -2.01. The van der Waals surface area contributed by atoms with Crippen molar-refractivity contribution >= 4 is 11.7 Å². The molecule has 0 saturated heterocycles. The summed E-state index contributed by atoms with van der Waals surface area (Å²) in [5.74, 6) is -1.47. The normalized spacial score (nSPS) is 13.2. The number of azo groups is 1. The highest BCUT2D eigenvalue weighted by atomic mass is 19.4. The van der Waals surface area contributed by atoms with Crippen LogP contribution in [0, 0.1) is 0 Å². The fraction of sp³-hybridized carbons (Fsp3) is 0.308. The van der Waals surface area contributed by atoms with Crippen molar-refractivity contribution in [2.24, 2.45) is 10.2 Å². The van der Waals surface area contributed by atoms with Crippen LogP contribution >= 0.6 is 0 Å². The third kappa shape index (κ3) is 4.59. The van der Waals surface area contributed by atoms with Crippen molar-refractivity contribution in [1.29, 1.82) is 0 Å². The number of nitrogens with zero attached hydrogens (tertiary/aromatic N) is 2. The summed E-state index contributed by atoms with van der Waals surface area (Å²) in [6.07, 6.45) is -4.60. The van der Waals surface area contributed by atoms with Gasteiger partial charge in [-0.2, -0.15) is 13.2 Å². The second-order valence-electron chi connectivity index (χ2n) is 3.87. The predicted octanol–water partition coefficient (Wildman–Crippen LogP) is 4.14. The predicted molar refractivity (Wildman–Crippen MR) is 67.9 cm³/mol. The van der Waals surface area contributed by atoms with Gasteiger partial charge in [0.2, 0.25) is 5.70 Å². The standard InChI is InChI=1S/C13H13F3N2O3/c1-3-21-12(20)11(8(2)19)18-17-10-7-5-4-6-9(10)13(14,15)16/h4-7,19H,3H2,1-2H3. The maximum absolute atomic E-state index is 12.8. The molecule has 0 unspecified atom stereocenters. The lowest BCUT2D eigenvalue weighted by Crippen LogP contribution is -2.08. The van der Waals surface area contributed by atoms with Crippen LogP contribution in [0.5, 0.6) is 0 Å². The van der Waals surface area contributed by atoms with Gasteiger partial charge in [-0.15, -0.1) is 10.2 Å². The largest absolute Gasteiger partial charge is 0.510 e. The Bertz CT molecular complexity index is 576. The van der Waals surface area contributed by atoms with Crippen LogP contribution in [0.4, 0.5) is 18.9 Å². The quantitative estimate of drug-likeness (QED) is 0.393. The second-order valence-corrected chi connectivity index (χ2v) is 3.87. The zero-order valence-electron chi connectivity index (χ0n) is 11.3. The van der Waals surface area contributed by atoms with E-state index in [9.17, 15) is 23.1 Å². The molecule has 0 radical (unpaired) electrons. The Morgan fingerprint density at radius 3 is 2.48 bits per heavy atom. The molecule has 0 amide bonds. The molecule has 114 valence electrons. The minimum Gasteiger partial charge on any atom is -0.510 e. The van der Waals surface area contributed by atoms with Crippen molar-refractivity contribution in [3.63, 3.8) is 0 Å². The number of carbonyl (C=O) groups excluding carboxylic acids is 1. The van der Waals surface area contributed by atoms with Gasteiger partial charge in [0.25, 0.3) is 0 Å². The second kappa shape index (κ2) is 6.87. The van der Waals surface area contributed by atoms with Crippen LogP contribution in [0.25, 0.3) is 0 Å². The monoisotopic (exact) mass is 302 g/mol. The van der Waals surface area contributed by atoms with E-state index in [4.69, 9.17) is 0 Å². The Labute approximate surface area is 118 Å². The highest BCUT2D eigenvalue weighted by Crippen LogP contribution is 2.36. The van der Waals surface area contributed by atoms with Gasteiger partial charge in [-0.1, -0.05) is 12.1 Å². The van der Waals surface area contributed by atoms with Crippen molar-refractivity contribution in [2.75, 3.05) is 6.61 Å². The van der Waals surface area contributed by atoms with Crippen molar-refractivity contribution in [1.82, 2.24) is 0 Å². The van der Waals surface area contributed by atoms with Crippen LogP contribution in [-0.2, 0) is 15.7 Å². The molecule has 0 aliphatic heterocycles. The summed E-state index contributed by atoms with van der Waals surface area (Å²) in [6, 6.07) is 4.50. The maximum Gasteiger partial charge on any atom is 0.418 e. The first kappa shape index (κ1) is 16.7. The van der Waals surface area contributed by atoms with Crippen molar-refractivity contribution < 1.29 is 27.8 Å². The van der Waals surface area contributed by atoms with E-state index < -0.39 is 34.9 Å². The molecule has 1 N–H and O–H groups in total. The molecule has 0 aliphatic rings. The first-order valence-electron chi connectivity index (χ1n) is 5.92. The Morgan fingerprint density at radius 2 is 1.95 bits per heavy atom. The summed E-state index contributed by atoms with van der Waals surface area (Å²) < 4.78 is 42.9. The number of alkyl halides is 3. The Hall–Kier alpha value is -2.38. The molecule has 1 aromatic rings. The SMILES string of the molecule is CCOC(=O)C(N=Nc1ccccc1C(F)(F)F)=C(C)O. The van der Waals surface area contributed by atoms with Crippen LogP contribution in [0.2, 0.25) is 0 Å². The zero-order chi connectivity index (χ0) is 16.0. The zero-order valence-corrected chi connectivity index (χ0v) is 11.3. The van der Waals surface area contributed by atoms with E-state index in [0.717, 1.165) is 19.1 Å². The average molecular weight is 302 g/mol. The Balaban J connectivity index is 3.15. The van der Waals surface area contributed by atoms with E-state index in [1.54, 1.807) is 6.92 Å². The molecule has 8 heteroatoms. The minimum absolute atomic E-state index is 0.0320. The van der Waals surface area contributed by atoms with Gasteiger partial charge in [0, 0.05) is 0 Å². The number of esters is 1. The molecule has 0 fully saturated rings. The van der Waals surface area contributed by atoms with Gasteiger partial charge in [0.15, 0.2) is 0 Å². The van der Waals surface area contributed by atoms with Crippen LogP contribution < -0.4 is 0 Å². The summed E-state index contributed by atoms with van der Waals surface area (Å²) in [7, 11) is 0. The molecule has 0 aliphatic carbocycles. The van der Waals surface area contributed by atoms with Crippen molar-refractivity contribution in [3.05, 3.63) is 41.3 Å². The van der Waals surface area contributed by atoms with Crippen LogP contribution in [0.1, 0.15) is 19.4 Å². The minimum atomic E-state index is -4.60. The number of rotatable bonds is 4. The molecule has 0 bridgehead atoms. The molecular weight excluding hydrogens is 289 g/mol. The molecule has 1 aromatic carbocycles. The highest BCUT2D eigenvalue weighted by Gasteiger charge is 2.33. The molecular formula is C13H13F3N2O3. The van der Waals surface area contributed by atoms with Gasteiger partial charge in [0.1, 0.15) is 5.76 Å². The number of halogens is 3. The fourth-order valence-electron chi connectivity index (χ4n) is 1.36. The summed E-state index contributed by atoms with van der Waals surface area (Å²) >= 11 is 0. The van der Waals surface area contributed by atoms with E-state index in [0.29, 0.717) is 0 Å². The van der Waals surface area contributed by atoms with E-state index in [1.807, 2.05) is 0 Å². The smallest absolute Gasteiger partial charge is 0.418 e. The van der Waals surface area contributed by atoms with Crippen molar-refractivity contribution in [2.45, 2.75) is 20.0 Å². The highest BCUT2D eigenvalue weighted by molar-refractivity contribution is 5.88. The number of ether oxygens (including phenoxy) is 1. The summed E-state index contributed by atoms with van der Waals surface area (Å²) in [4.78, 5) is 11.5. The molecule has 0 aromatic heterocycles. The van der Waals surface area contributed by atoms with Crippen molar-refractivity contribution in [3.8, 4) is 0 Å². The lowest BCUT2D eigenvalue weighted by Gasteiger charge is -2.08. The first-order valence-corrected chi connectivity index (χ1v) is 5.92. The van der Waals surface area contributed by atoms with E-state index in [2.05, 4.69) is 15.0 Å². The molecule has 0 atom stereocenters. The van der Waals surface area contributed by atoms with Gasteiger partial charge in [0.05, 0.1) is 17.9 Å². The number of benzene rings is 1. The molecule has 21 heavy (non-hydrogen) atoms. The molecule has 0 heterocycles. The molecule has 5 nitrogen and oxygen atoms in total. The molecule has 0 spiro atoms. The number of aliphatic hydroxyl groups excluding tert-OH is 1. The van der Waals surface area contributed by atoms with E-state index in [1.165, 1.54) is 12.1 Å². The number of aliphatic hydroxyl groups is 1. The van der Waals surface area contributed by atoms with Crippen LogP contribution in [0.3, 0.4) is 0 Å². The van der Waals surface area contributed by atoms with E-state index in [-0.39, 0.29) is 6.61 Å². The van der Waals surface area contributed by atoms with E-state index >= 15 is 0 Å². The van der Waals surface area contributed by atoms with Gasteiger partial charge in [-0.25, -0.2) is 4.79 Å². The fourth-order valence-corrected chi connectivity index (χ4v) is 1.36. The summed E-state index contributed by atoms with van der Waals surface area (Å²) in [6.45, 7) is 2.73. The first-order chi connectivity index (χ1) is 9.77. The Kier molecular flexibility index (Phi) is 5.45. The third-order valence-corrected chi connectivity index (χ3v) is 2.28. The number of allylic oxidation sites excluding steroid dienone is 1. The van der Waals surface area contributed by atoms with Crippen LogP contribution in [0.15, 0.2) is 46.0 Å².